The van der Waals surface area contributed by atoms with Crippen LogP contribution in [0, 0.1) is 11.7 Å². The Morgan fingerprint density at radius 1 is 1.42 bits per heavy atom. The van der Waals surface area contributed by atoms with Crippen molar-refractivity contribution < 1.29 is 14.2 Å². The maximum atomic E-state index is 13.5. The monoisotopic (exact) mass is 284 g/mol. The number of benzene rings is 1. The van der Waals surface area contributed by atoms with E-state index in [1.165, 1.54) is 12.5 Å². The molecule has 1 saturated carbocycles. The van der Waals surface area contributed by atoms with Crippen LogP contribution in [0.1, 0.15) is 43.8 Å². The van der Waals surface area contributed by atoms with E-state index in [4.69, 9.17) is 16.3 Å². The van der Waals surface area contributed by atoms with Crippen LogP contribution >= 0.6 is 11.6 Å². The van der Waals surface area contributed by atoms with Crippen molar-refractivity contribution in [3.63, 3.8) is 0 Å². The smallest absolute Gasteiger partial charge is 0.142 e. The molecule has 1 spiro atoms. The van der Waals surface area contributed by atoms with E-state index in [0.29, 0.717) is 12.2 Å². The first-order valence-corrected chi connectivity index (χ1v) is 7.25. The molecule has 1 heterocycles. The van der Waals surface area contributed by atoms with E-state index < -0.39 is 11.9 Å². The van der Waals surface area contributed by atoms with E-state index in [2.05, 4.69) is 0 Å². The Labute approximate surface area is 117 Å². The lowest BCUT2D eigenvalue weighted by atomic mass is 9.70. The highest BCUT2D eigenvalue weighted by Crippen LogP contribution is 2.47. The summed E-state index contributed by atoms with van der Waals surface area (Å²) in [6.07, 6.45) is 4.30. The van der Waals surface area contributed by atoms with Crippen LogP contribution in [0.4, 0.5) is 4.39 Å². The average molecular weight is 285 g/mol. The van der Waals surface area contributed by atoms with Crippen molar-refractivity contribution in [2.24, 2.45) is 5.92 Å². The third-order valence-electron chi connectivity index (χ3n) is 4.54. The van der Waals surface area contributed by atoms with Crippen molar-refractivity contribution in [2.75, 3.05) is 6.61 Å². The van der Waals surface area contributed by atoms with Gasteiger partial charge >= 0.3 is 0 Å². The summed E-state index contributed by atoms with van der Waals surface area (Å²) in [5.74, 6) is -0.364. The van der Waals surface area contributed by atoms with Gasteiger partial charge in [-0.15, -0.1) is 0 Å². The molecule has 0 radical (unpaired) electrons. The molecule has 1 aliphatic heterocycles. The molecular weight excluding hydrogens is 267 g/mol. The molecule has 1 aromatic carbocycles. The van der Waals surface area contributed by atoms with Gasteiger partial charge in [-0.05, 0) is 44.1 Å². The van der Waals surface area contributed by atoms with Gasteiger partial charge in [-0.2, -0.15) is 0 Å². The minimum Gasteiger partial charge on any atom is -0.388 e. The highest BCUT2D eigenvalue weighted by Gasteiger charge is 2.44. The van der Waals surface area contributed by atoms with Gasteiger partial charge in [0.25, 0.3) is 0 Å². The quantitative estimate of drug-likeness (QED) is 0.893. The Hall–Kier alpha value is -0.640. The molecule has 0 amide bonds. The van der Waals surface area contributed by atoms with Gasteiger partial charge < -0.3 is 9.84 Å². The zero-order valence-corrected chi connectivity index (χ0v) is 11.5. The minimum atomic E-state index is -0.704. The van der Waals surface area contributed by atoms with Gasteiger partial charge in [-0.3, -0.25) is 0 Å². The Morgan fingerprint density at radius 2 is 2.21 bits per heavy atom. The van der Waals surface area contributed by atoms with Crippen LogP contribution in [0.3, 0.4) is 0 Å². The molecule has 3 rings (SSSR count). The van der Waals surface area contributed by atoms with Gasteiger partial charge in [0, 0.05) is 12.2 Å². The lowest BCUT2D eigenvalue weighted by molar-refractivity contribution is -0.157. The molecule has 4 heteroatoms. The summed E-state index contributed by atoms with van der Waals surface area (Å²) in [5, 5.41) is 10.5. The fourth-order valence-corrected chi connectivity index (χ4v) is 3.50. The SMILES string of the molecule is OC(c1cccc(F)c1Cl)C1CCOC2(CCC2)C1. The van der Waals surface area contributed by atoms with Gasteiger partial charge in [-0.1, -0.05) is 23.7 Å². The summed E-state index contributed by atoms with van der Waals surface area (Å²) in [6.45, 7) is 0.675. The van der Waals surface area contributed by atoms with Gasteiger partial charge in [-0.25, -0.2) is 4.39 Å². The van der Waals surface area contributed by atoms with E-state index in [9.17, 15) is 9.50 Å². The minimum absolute atomic E-state index is 0.0241. The first-order chi connectivity index (χ1) is 9.11. The third-order valence-corrected chi connectivity index (χ3v) is 4.94. The van der Waals surface area contributed by atoms with Gasteiger partial charge in [0.05, 0.1) is 16.7 Å². The van der Waals surface area contributed by atoms with E-state index in [1.54, 1.807) is 12.1 Å². The van der Waals surface area contributed by atoms with Crippen LogP contribution in [0.25, 0.3) is 0 Å². The maximum absolute atomic E-state index is 13.5. The molecule has 2 atom stereocenters. The molecule has 0 aromatic heterocycles. The Kier molecular flexibility index (Phi) is 3.54. The zero-order chi connectivity index (χ0) is 13.5. The molecule has 2 unspecified atom stereocenters. The summed E-state index contributed by atoms with van der Waals surface area (Å²) in [4.78, 5) is 0. The average Bonchev–Trinajstić information content (AvgIpc) is 2.39. The number of ether oxygens (including phenoxy) is 1. The van der Waals surface area contributed by atoms with Gasteiger partial charge in [0.2, 0.25) is 0 Å². The number of aliphatic hydroxyl groups is 1. The summed E-state index contributed by atoms with van der Waals surface area (Å²) < 4.78 is 19.3. The fraction of sp³-hybridized carbons (Fsp3) is 0.600. The Morgan fingerprint density at radius 3 is 2.89 bits per heavy atom. The second-order valence-corrected chi connectivity index (χ2v) is 6.10. The van der Waals surface area contributed by atoms with E-state index in [1.807, 2.05) is 0 Å². The fourth-order valence-electron chi connectivity index (χ4n) is 3.26. The van der Waals surface area contributed by atoms with Crippen molar-refractivity contribution in [3.8, 4) is 0 Å². The number of hydrogen-bond donors (Lipinski definition) is 1. The number of hydrogen-bond acceptors (Lipinski definition) is 2. The lowest BCUT2D eigenvalue weighted by Gasteiger charge is -2.48. The molecule has 2 aliphatic rings. The summed E-state index contributed by atoms with van der Waals surface area (Å²) >= 11 is 5.96. The number of rotatable bonds is 2. The maximum Gasteiger partial charge on any atom is 0.142 e. The van der Waals surface area contributed by atoms with E-state index >= 15 is 0 Å². The van der Waals surface area contributed by atoms with Crippen molar-refractivity contribution in [2.45, 2.75) is 43.8 Å². The first kappa shape index (κ1) is 13.3. The van der Waals surface area contributed by atoms with Crippen LogP contribution in [0.15, 0.2) is 18.2 Å². The number of aliphatic hydroxyl groups excluding tert-OH is 1. The first-order valence-electron chi connectivity index (χ1n) is 6.87. The molecule has 0 bridgehead atoms. The van der Waals surface area contributed by atoms with Crippen molar-refractivity contribution in [1.29, 1.82) is 0 Å². The second-order valence-electron chi connectivity index (χ2n) is 5.73. The standard InChI is InChI=1S/C15H18ClFO2/c16-13-11(3-1-4-12(13)17)14(18)10-5-8-19-15(9-10)6-2-7-15/h1,3-4,10,14,18H,2,5-9H2. The highest BCUT2D eigenvalue weighted by molar-refractivity contribution is 6.31. The van der Waals surface area contributed by atoms with Crippen molar-refractivity contribution in [1.82, 2.24) is 0 Å². The molecule has 1 N–H and O–H groups in total. The predicted octanol–water partition coefficient (Wildman–Crippen LogP) is 3.86. The lowest BCUT2D eigenvalue weighted by Crippen LogP contribution is -2.46. The van der Waals surface area contributed by atoms with Crippen molar-refractivity contribution in [3.05, 3.63) is 34.6 Å². The van der Waals surface area contributed by atoms with E-state index in [0.717, 1.165) is 25.7 Å². The van der Waals surface area contributed by atoms with Crippen LogP contribution in [0.5, 0.6) is 0 Å². The predicted molar refractivity (Wildman–Crippen MR) is 71.6 cm³/mol. The molecule has 19 heavy (non-hydrogen) atoms. The third kappa shape index (κ3) is 2.39. The molecule has 1 saturated heterocycles. The summed E-state index contributed by atoms with van der Waals surface area (Å²) in [6, 6.07) is 4.62. The van der Waals surface area contributed by atoms with Gasteiger partial charge in [0.1, 0.15) is 5.82 Å². The molecule has 104 valence electrons. The summed E-state index contributed by atoms with van der Waals surface area (Å²) in [7, 11) is 0. The topological polar surface area (TPSA) is 29.5 Å². The van der Waals surface area contributed by atoms with E-state index in [-0.39, 0.29) is 16.5 Å². The highest BCUT2D eigenvalue weighted by atomic mass is 35.5. The molecular formula is C15H18ClFO2. The Balaban J connectivity index is 1.79. The van der Waals surface area contributed by atoms with Crippen LogP contribution in [-0.4, -0.2) is 17.3 Å². The second kappa shape index (κ2) is 5.04. The number of halogens is 2. The normalized spacial score (nSPS) is 27.0. The molecule has 2 nitrogen and oxygen atoms in total. The van der Waals surface area contributed by atoms with Crippen LogP contribution in [-0.2, 0) is 4.74 Å². The van der Waals surface area contributed by atoms with Crippen LogP contribution < -0.4 is 0 Å². The zero-order valence-electron chi connectivity index (χ0n) is 10.7. The van der Waals surface area contributed by atoms with Crippen molar-refractivity contribution >= 4 is 11.6 Å². The van der Waals surface area contributed by atoms with Gasteiger partial charge in [0.15, 0.2) is 0 Å². The van der Waals surface area contributed by atoms with Crippen LogP contribution in [0.2, 0.25) is 5.02 Å². The summed E-state index contributed by atoms with van der Waals surface area (Å²) in [5.41, 5.74) is 0.479. The molecule has 1 aliphatic carbocycles. The molecule has 1 aromatic rings. The Bertz CT molecular complexity index is 473. The largest absolute Gasteiger partial charge is 0.388 e. The molecule has 2 fully saturated rings.